The molecule has 0 aliphatic heterocycles. The van der Waals surface area contributed by atoms with Crippen LogP contribution in [0, 0.1) is 0 Å². The minimum atomic E-state index is -0.997. The molecule has 0 bridgehead atoms. The summed E-state index contributed by atoms with van der Waals surface area (Å²) in [7, 11) is 0. The number of aliphatic carboxylic acids is 1. The molecule has 0 spiro atoms. The Hall–Kier alpha value is -3.60. The van der Waals surface area contributed by atoms with Crippen LogP contribution in [0.5, 0.6) is 5.75 Å². The molecule has 0 aliphatic rings. The van der Waals surface area contributed by atoms with Crippen molar-refractivity contribution >= 4 is 12.2 Å². The predicted octanol–water partition coefficient (Wildman–Crippen LogP) is 4.19. The van der Waals surface area contributed by atoms with Gasteiger partial charge in [-0.05, 0) is 41.0 Å². The average molecular weight is 374 g/mol. The van der Waals surface area contributed by atoms with E-state index in [1.807, 2.05) is 53.5 Å². The van der Waals surface area contributed by atoms with Gasteiger partial charge in [0.2, 0.25) is 0 Å². The molecule has 3 aromatic carbocycles. The van der Waals surface area contributed by atoms with Gasteiger partial charge in [-0.25, -0.2) is 4.79 Å². The Morgan fingerprint density at radius 1 is 0.857 bits per heavy atom. The number of ether oxygens (including phenoxy) is 1. The molecule has 3 rings (SSSR count). The highest BCUT2D eigenvalue weighted by Crippen LogP contribution is 2.13. The zero-order valence-corrected chi connectivity index (χ0v) is 15.4. The van der Waals surface area contributed by atoms with Gasteiger partial charge in [0.1, 0.15) is 5.75 Å². The van der Waals surface area contributed by atoms with Crippen molar-refractivity contribution in [3.63, 3.8) is 0 Å². The molecule has 5 heteroatoms. The molecule has 0 unspecified atom stereocenters. The number of rotatable bonds is 9. The number of carboxylic acid groups (broad SMARTS) is 1. The summed E-state index contributed by atoms with van der Waals surface area (Å²) in [5.41, 5.74) is 3.29. The van der Waals surface area contributed by atoms with Crippen LogP contribution in [0.1, 0.15) is 16.7 Å². The normalized spacial score (nSPS) is 10.7. The van der Waals surface area contributed by atoms with Crippen LogP contribution >= 0.6 is 0 Å². The first-order valence-electron chi connectivity index (χ1n) is 9.00. The summed E-state index contributed by atoms with van der Waals surface area (Å²) < 4.78 is 5.15. The van der Waals surface area contributed by atoms with Gasteiger partial charge in [-0.3, -0.25) is 5.01 Å². The number of hydrogen-bond acceptors (Lipinski definition) is 4. The number of hydrazone groups is 1. The van der Waals surface area contributed by atoms with Crippen molar-refractivity contribution in [1.82, 2.24) is 5.01 Å². The van der Waals surface area contributed by atoms with Crippen LogP contribution < -0.4 is 4.74 Å². The lowest BCUT2D eigenvalue weighted by Crippen LogP contribution is -2.17. The monoisotopic (exact) mass is 374 g/mol. The number of hydrogen-bond donors (Lipinski definition) is 1. The molecule has 0 saturated heterocycles. The summed E-state index contributed by atoms with van der Waals surface area (Å²) in [6, 6.07) is 27.6. The number of nitrogens with zero attached hydrogens (tertiary/aromatic N) is 2. The van der Waals surface area contributed by atoms with Gasteiger partial charge in [-0.2, -0.15) is 5.10 Å². The Labute approximate surface area is 164 Å². The highest BCUT2D eigenvalue weighted by molar-refractivity contribution is 5.79. The van der Waals surface area contributed by atoms with Gasteiger partial charge in [-0.15, -0.1) is 0 Å². The third-order valence-electron chi connectivity index (χ3n) is 4.03. The summed E-state index contributed by atoms with van der Waals surface area (Å²) >= 11 is 0. The Balaban J connectivity index is 1.69. The highest BCUT2D eigenvalue weighted by atomic mass is 16.5. The molecule has 28 heavy (non-hydrogen) atoms. The van der Waals surface area contributed by atoms with E-state index in [1.165, 1.54) is 11.1 Å². The van der Waals surface area contributed by atoms with E-state index in [2.05, 4.69) is 29.4 Å². The smallest absolute Gasteiger partial charge is 0.341 e. The zero-order chi connectivity index (χ0) is 19.6. The average Bonchev–Trinajstić information content (AvgIpc) is 2.73. The van der Waals surface area contributed by atoms with Crippen LogP contribution in [0.15, 0.2) is 90.0 Å². The summed E-state index contributed by atoms with van der Waals surface area (Å²) in [4.78, 5) is 10.6. The van der Waals surface area contributed by atoms with Gasteiger partial charge in [-0.1, -0.05) is 60.7 Å². The molecule has 1 N–H and O–H groups in total. The van der Waals surface area contributed by atoms with Crippen LogP contribution in [0.4, 0.5) is 0 Å². The van der Waals surface area contributed by atoms with Gasteiger partial charge >= 0.3 is 5.97 Å². The molecule has 0 atom stereocenters. The van der Waals surface area contributed by atoms with Gasteiger partial charge < -0.3 is 9.84 Å². The van der Waals surface area contributed by atoms with Crippen LogP contribution in [0.3, 0.4) is 0 Å². The molecule has 0 heterocycles. The molecule has 0 radical (unpaired) electrons. The quantitative estimate of drug-likeness (QED) is 0.451. The Kier molecular flexibility index (Phi) is 6.79. The summed E-state index contributed by atoms with van der Waals surface area (Å²) in [6.07, 6.45) is 1.80. The highest BCUT2D eigenvalue weighted by Gasteiger charge is 2.04. The fourth-order valence-electron chi connectivity index (χ4n) is 2.67. The number of benzene rings is 3. The standard InChI is InChI=1S/C23H22N2O3/c26-23(27)18-28-22-13-11-19(12-14-22)15-24-25(16-20-7-3-1-4-8-20)17-21-9-5-2-6-10-21/h1-15H,16-18H2,(H,26,27)/b24-15-. The molecule has 142 valence electrons. The summed E-state index contributed by atoms with van der Waals surface area (Å²) in [6.45, 7) is 1.05. The van der Waals surface area contributed by atoms with E-state index in [4.69, 9.17) is 9.84 Å². The number of carboxylic acids is 1. The molecular formula is C23H22N2O3. The van der Waals surface area contributed by atoms with E-state index in [-0.39, 0.29) is 6.61 Å². The maximum absolute atomic E-state index is 10.6. The van der Waals surface area contributed by atoms with E-state index in [1.54, 1.807) is 18.3 Å². The van der Waals surface area contributed by atoms with Crippen molar-refractivity contribution in [2.24, 2.45) is 5.10 Å². The van der Waals surface area contributed by atoms with E-state index >= 15 is 0 Å². The molecule has 5 nitrogen and oxygen atoms in total. The first kappa shape index (κ1) is 19.2. The maximum Gasteiger partial charge on any atom is 0.341 e. The molecule has 0 amide bonds. The largest absolute Gasteiger partial charge is 0.482 e. The first-order chi connectivity index (χ1) is 13.7. The van der Waals surface area contributed by atoms with Crippen molar-refractivity contribution in [1.29, 1.82) is 0 Å². The maximum atomic E-state index is 10.6. The van der Waals surface area contributed by atoms with Gasteiger partial charge in [0.15, 0.2) is 6.61 Å². The van der Waals surface area contributed by atoms with Crippen LogP contribution in [-0.4, -0.2) is 28.9 Å². The van der Waals surface area contributed by atoms with Crippen molar-refractivity contribution < 1.29 is 14.6 Å². The summed E-state index contributed by atoms with van der Waals surface area (Å²) in [5, 5.41) is 15.3. The van der Waals surface area contributed by atoms with Gasteiger partial charge in [0, 0.05) is 0 Å². The molecular weight excluding hydrogens is 352 g/mol. The van der Waals surface area contributed by atoms with Crippen molar-refractivity contribution in [2.45, 2.75) is 13.1 Å². The number of carbonyl (C=O) groups is 1. The second-order valence-corrected chi connectivity index (χ2v) is 6.29. The molecule has 3 aromatic rings. The van der Waals surface area contributed by atoms with E-state index < -0.39 is 5.97 Å². The SMILES string of the molecule is O=C(O)COc1ccc(/C=N\N(Cc2ccccc2)Cc2ccccc2)cc1. The fourth-order valence-corrected chi connectivity index (χ4v) is 2.67. The minimum Gasteiger partial charge on any atom is -0.482 e. The Morgan fingerprint density at radius 3 is 1.89 bits per heavy atom. The fraction of sp³-hybridized carbons (Fsp3) is 0.130. The second-order valence-electron chi connectivity index (χ2n) is 6.29. The van der Waals surface area contributed by atoms with Crippen LogP contribution in [0.25, 0.3) is 0 Å². The molecule has 0 aromatic heterocycles. The third-order valence-corrected chi connectivity index (χ3v) is 4.03. The zero-order valence-electron chi connectivity index (χ0n) is 15.4. The predicted molar refractivity (Wildman–Crippen MR) is 109 cm³/mol. The second kappa shape index (κ2) is 9.92. The topological polar surface area (TPSA) is 62.1 Å². The first-order valence-corrected chi connectivity index (χ1v) is 9.00. The molecule has 0 fully saturated rings. The van der Waals surface area contributed by atoms with E-state index in [0.29, 0.717) is 18.8 Å². The Bertz CT molecular complexity index is 853. The molecule has 0 aliphatic carbocycles. The van der Waals surface area contributed by atoms with Crippen molar-refractivity contribution in [3.05, 3.63) is 102 Å². The van der Waals surface area contributed by atoms with Crippen LogP contribution in [0.2, 0.25) is 0 Å². The minimum absolute atomic E-state index is 0.352. The van der Waals surface area contributed by atoms with Gasteiger partial charge in [0.25, 0.3) is 0 Å². The Morgan fingerprint density at radius 2 is 1.39 bits per heavy atom. The molecule has 0 saturated carbocycles. The van der Waals surface area contributed by atoms with Crippen molar-refractivity contribution in [2.75, 3.05) is 6.61 Å². The lowest BCUT2D eigenvalue weighted by molar-refractivity contribution is -0.139. The van der Waals surface area contributed by atoms with E-state index in [0.717, 1.165) is 5.56 Å². The lowest BCUT2D eigenvalue weighted by Gasteiger charge is -2.19. The van der Waals surface area contributed by atoms with Crippen molar-refractivity contribution in [3.8, 4) is 5.75 Å². The van der Waals surface area contributed by atoms with Gasteiger partial charge in [0.05, 0.1) is 19.3 Å². The van der Waals surface area contributed by atoms with Crippen LogP contribution in [-0.2, 0) is 17.9 Å². The summed E-state index contributed by atoms with van der Waals surface area (Å²) in [5.74, 6) is -0.479. The van der Waals surface area contributed by atoms with E-state index in [9.17, 15) is 4.79 Å². The lowest BCUT2D eigenvalue weighted by atomic mass is 10.2. The third kappa shape index (κ3) is 6.29.